The fraction of sp³-hybridized carbons (Fsp3) is 0.211. The molecule has 29 heavy (non-hydrogen) atoms. The highest BCUT2D eigenvalue weighted by Gasteiger charge is 2.18. The van der Waals surface area contributed by atoms with Crippen LogP contribution in [-0.4, -0.2) is 42.7 Å². The van der Waals surface area contributed by atoms with Crippen LogP contribution in [0.4, 0.5) is 16.4 Å². The normalized spacial score (nSPS) is 11.2. The molecule has 3 N–H and O–H groups in total. The van der Waals surface area contributed by atoms with Gasteiger partial charge in [-0.3, -0.25) is 5.32 Å². The predicted octanol–water partition coefficient (Wildman–Crippen LogP) is 2.94. The van der Waals surface area contributed by atoms with Gasteiger partial charge in [0.05, 0.1) is 18.0 Å². The van der Waals surface area contributed by atoms with E-state index in [1.165, 1.54) is 11.8 Å². The molecule has 0 unspecified atom stereocenters. The molecule has 3 heterocycles. The number of nitrogen functional groups attached to an aromatic ring is 1. The summed E-state index contributed by atoms with van der Waals surface area (Å²) in [7, 11) is 1.54. The van der Waals surface area contributed by atoms with E-state index in [1.54, 1.807) is 36.7 Å². The summed E-state index contributed by atoms with van der Waals surface area (Å²) in [5.74, 6) is 1.73. The summed E-state index contributed by atoms with van der Waals surface area (Å²) < 4.78 is 8.41. The van der Waals surface area contributed by atoms with E-state index in [0.717, 1.165) is 0 Å². The molecule has 0 spiro atoms. The number of methoxy groups -OCH3 is 1. The molecular formula is C19H20N8O2. The average Bonchev–Trinajstić information content (AvgIpc) is 3.33. The van der Waals surface area contributed by atoms with Gasteiger partial charge in [0, 0.05) is 6.04 Å². The quantitative estimate of drug-likeness (QED) is 0.547. The zero-order valence-electron chi connectivity index (χ0n) is 16.2. The number of carbonyl (C=O) groups is 1. The zero-order chi connectivity index (χ0) is 20.5. The second-order valence-electron chi connectivity index (χ2n) is 6.65. The van der Waals surface area contributed by atoms with Gasteiger partial charge in [-0.15, -0.1) is 15.3 Å². The first-order valence-electron chi connectivity index (χ1n) is 8.99. The summed E-state index contributed by atoms with van der Waals surface area (Å²) in [4.78, 5) is 17.3. The van der Waals surface area contributed by atoms with Gasteiger partial charge in [0.25, 0.3) is 0 Å². The number of hydrogen-bond acceptors (Lipinski definition) is 7. The Hall–Kier alpha value is -3.95. The summed E-state index contributed by atoms with van der Waals surface area (Å²) >= 11 is 0. The molecule has 4 rings (SSSR count). The van der Waals surface area contributed by atoms with Crippen molar-refractivity contribution in [3.8, 4) is 17.3 Å². The fourth-order valence-corrected chi connectivity index (χ4v) is 3.09. The number of nitrogens with zero attached hydrogens (tertiary/aromatic N) is 6. The number of amides is 1. The Morgan fingerprint density at radius 1 is 1.21 bits per heavy atom. The van der Waals surface area contributed by atoms with Crippen LogP contribution in [-0.2, 0) is 0 Å². The van der Waals surface area contributed by atoms with Gasteiger partial charge in [0.1, 0.15) is 23.6 Å². The number of rotatable bonds is 4. The lowest BCUT2D eigenvalue weighted by Crippen LogP contribution is -2.21. The summed E-state index contributed by atoms with van der Waals surface area (Å²) in [6.07, 6.45) is 1.65. The Labute approximate surface area is 166 Å². The standard InChI is InChI=1S/C19H20N8O2/c1-11(2)26-10-21-24-18(26)12-6-4-9-15(22-12)23-19(28)27-13-7-5-8-14(29-3)16(13)17(20)25-27/h4-11H,1-3H3,(H2,20,25)(H,22,23,28). The monoisotopic (exact) mass is 392 g/mol. The molecule has 0 saturated heterocycles. The third-order valence-corrected chi connectivity index (χ3v) is 4.45. The minimum Gasteiger partial charge on any atom is -0.496 e. The summed E-state index contributed by atoms with van der Waals surface area (Å²) in [5, 5.41) is 15.6. The third kappa shape index (κ3) is 3.24. The average molecular weight is 392 g/mol. The smallest absolute Gasteiger partial charge is 0.348 e. The summed E-state index contributed by atoms with van der Waals surface area (Å²) in [6.45, 7) is 4.06. The van der Waals surface area contributed by atoms with Crippen molar-refractivity contribution >= 4 is 28.6 Å². The molecule has 0 aliphatic rings. The zero-order valence-corrected chi connectivity index (χ0v) is 16.2. The Balaban J connectivity index is 1.66. The lowest BCUT2D eigenvalue weighted by atomic mass is 10.2. The second-order valence-corrected chi connectivity index (χ2v) is 6.65. The Bertz CT molecular complexity index is 1190. The minimum atomic E-state index is -0.491. The van der Waals surface area contributed by atoms with Crippen LogP contribution in [0.5, 0.6) is 5.75 Å². The number of hydrogen-bond donors (Lipinski definition) is 2. The SMILES string of the molecule is COc1cccc2c1c(N)nn2C(=O)Nc1cccc(-c2nncn2C(C)C)n1. The molecule has 1 amide bonds. The van der Waals surface area contributed by atoms with Crippen molar-refractivity contribution in [3.05, 3.63) is 42.7 Å². The number of ether oxygens (including phenoxy) is 1. The highest BCUT2D eigenvalue weighted by molar-refractivity contribution is 6.02. The van der Waals surface area contributed by atoms with Gasteiger partial charge < -0.3 is 15.0 Å². The van der Waals surface area contributed by atoms with Gasteiger partial charge in [0.2, 0.25) is 0 Å². The largest absolute Gasteiger partial charge is 0.496 e. The van der Waals surface area contributed by atoms with Gasteiger partial charge in [-0.05, 0) is 38.1 Å². The number of carbonyl (C=O) groups excluding carboxylic acids is 1. The van der Waals surface area contributed by atoms with Crippen LogP contribution in [0.1, 0.15) is 19.9 Å². The number of nitrogens with one attached hydrogen (secondary N) is 1. The molecule has 0 aliphatic heterocycles. The van der Waals surface area contributed by atoms with Crippen LogP contribution in [0.15, 0.2) is 42.7 Å². The highest BCUT2D eigenvalue weighted by Crippen LogP contribution is 2.30. The number of anilines is 2. The maximum atomic E-state index is 12.8. The minimum absolute atomic E-state index is 0.174. The van der Waals surface area contributed by atoms with Gasteiger partial charge in [-0.25, -0.2) is 9.78 Å². The number of fused-ring (bicyclic) bond motifs is 1. The maximum Gasteiger partial charge on any atom is 0.348 e. The van der Waals surface area contributed by atoms with Gasteiger partial charge in [-0.2, -0.15) is 4.68 Å². The third-order valence-electron chi connectivity index (χ3n) is 4.45. The second kappa shape index (κ2) is 7.23. The highest BCUT2D eigenvalue weighted by atomic mass is 16.5. The molecule has 10 heteroatoms. The first-order chi connectivity index (χ1) is 14.0. The van der Waals surface area contributed by atoms with Crippen LogP contribution in [0, 0.1) is 0 Å². The number of benzene rings is 1. The summed E-state index contributed by atoms with van der Waals surface area (Å²) in [5.41, 5.74) is 7.13. The fourth-order valence-electron chi connectivity index (χ4n) is 3.09. The van der Waals surface area contributed by atoms with Crippen molar-refractivity contribution in [1.82, 2.24) is 29.5 Å². The molecule has 148 valence electrons. The molecule has 0 saturated carbocycles. The first-order valence-corrected chi connectivity index (χ1v) is 8.99. The molecule has 3 aromatic heterocycles. The molecular weight excluding hydrogens is 372 g/mol. The van der Waals surface area contributed by atoms with Crippen molar-refractivity contribution in [2.75, 3.05) is 18.2 Å². The Morgan fingerprint density at radius 2 is 2.00 bits per heavy atom. The van der Waals surface area contributed by atoms with Crippen LogP contribution in [0.3, 0.4) is 0 Å². The maximum absolute atomic E-state index is 12.8. The Kier molecular flexibility index (Phi) is 4.59. The van der Waals surface area contributed by atoms with Crippen molar-refractivity contribution in [3.63, 3.8) is 0 Å². The van der Waals surface area contributed by atoms with Crippen molar-refractivity contribution in [2.45, 2.75) is 19.9 Å². The first kappa shape index (κ1) is 18.4. The van der Waals surface area contributed by atoms with Crippen LogP contribution < -0.4 is 15.8 Å². The van der Waals surface area contributed by atoms with E-state index in [9.17, 15) is 4.79 Å². The molecule has 0 aliphatic carbocycles. The molecule has 0 fully saturated rings. The van der Waals surface area contributed by atoms with E-state index in [1.807, 2.05) is 24.5 Å². The molecule has 10 nitrogen and oxygen atoms in total. The lowest BCUT2D eigenvalue weighted by molar-refractivity contribution is 0.252. The Morgan fingerprint density at radius 3 is 2.76 bits per heavy atom. The van der Waals surface area contributed by atoms with E-state index in [-0.39, 0.29) is 11.9 Å². The molecule has 1 aromatic carbocycles. The van der Waals surface area contributed by atoms with Crippen LogP contribution >= 0.6 is 0 Å². The molecule has 4 aromatic rings. The number of aromatic nitrogens is 6. The lowest BCUT2D eigenvalue weighted by Gasteiger charge is -2.10. The van der Waals surface area contributed by atoms with Crippen molar-refractivity contribution in [1.29, 1.82) is 0 Å². The van der Waals surface area contributed by atoms with E-state index < -0.39 is 6.03 Å². The summed E-state index contributed by atoms with van der Waals surface area (Å²) in [6, 6.07) is 10.2. The van der Waals surface area contributed by atoms with Gasteiger partial charge in [-0.1, -0.05) is 12.1 Å². The van der Waals surface area contributed by atoms with Crippen molar-refractivity contribution in [2.24, 2.45) is 0 Å². The van der Waals surface area contributed by atoms with Crippen LogP contribution in [0.25, 0.3) is 22.4 Å². The van der Waals surface area contributed by atoms with Crippen LogP contribution in [0.2, 0.25) is 0 Å². The number of pyridine rings is 1. The number of nitrogens with two attached hydrogens (primary N) is 1. The van der Waals surface area contributed by atoms with E-state index in [4.69, 9.17) is 10.5 Å². The van der Waals surface area contributed by atoms with Crippen molar-refractivity contribution < 1.29 is 9.53 Å². The molecule has 0 bridgehead atoms. The van der Waals surface area contributed by atoms with E-state index in [2.05, 4.69) is 25.6 Å². The van der Waals surface area contributed by atoms with E-state index in [0.29, 0.717) is 34.0 Å². The van der Waals surface area contributed by atoms with Gasteiger partial charge in [0.15, 0.2) is 11.6 Å². The topological polar surface area (TPSA) is 126 Å². The van der Waals surface area contributed by atoms with E-state index >= 15 is 0 Å². The van der Waals surface area contributed by atoms with Gasteiger partial charge >= 0.3 is 6.03 Å². The molecule has 0 radical (unpaired) electrons. The molecule has 0 atom stereocenters. The predicted molar refractivity (Wildman–Crippen MR) is 109 cm³/mol.